The number of rotatable bonds is 2. The van der Waals surface area contributed by atoms with Gasteiger partial charge in [0.15, 0.2) is 0 Å². The summed E-state index contributed by atoms with van der Waals surface area (Å²) < 4.78 is 17.3. The highest BCUT2D eigenvalue weighted by Crippen LogP contribution is 2.37. The number of fused-ring (bicyclic) bond motifs is 1. The lowest BCUT2D eigenvalue weighted by atomic mass is 10.3. The maximum atomic E-state index is 11.8. The molecule has 0 N–H and O–H groups in total. The third-order valence-corrected chi connectivity index (χ3v) is 4.98. The Morgan fingerprint density at radius 2 is 2.00 bits per heavy atom. The molecule has 0 radical (unpaired) electrons. The molecule has 16 heavy (non-hydrogen) atoms. The van der Waals surface area contributed by atoms with Crippen LogP contribution < -0.4 is 0 Å². The van der Waals surface area contributed by atoms with E-state index >= 15 is 0 Å². The minimum absolute atomic E-state index is 0.434. The second-order valence-electron chi connectivity index (χ2n) is 2.71. The van der Waals surface area contributed by atoms with E-state index in [2.05, 4.69) is 52.8 Å². The van der Waals surface area contributed by atoms with Crippen molar-refractivity contribution in [2.24, 2.45) is 0 Å². The summed E-state index contributed by atoms with van der Waals surface area (Å²) in [6, 6.07) is 7.60. The molecule has 1 aromatic carbocycles. The predicted molar refractivity (Wildman–Crippen MR) is 76.6 cm³/mol. The van der Waals surface area contributed by atoms with E-state index in [1.165, 1.54) is 11.3 Å². The molecule has 1 unspecified atom stereocenters. The van der Waals surface area contributed by atoms with Gasteiger partial charge in [0.2, 0.25) is 17.7 Å². The zero-order valence-corrected chi connectivity index (χ0v) is 13.9. The number of hydrogen-bond donors (Lipinski definition) is 0. The summed E-state index contributed by atoms with van der Waals surface area (Å²) in [5.74, 6) is 0. The summed E-state index contributed by atoms with van der Waals surface area (Å²) in [5.41, 5.74) is 0.823. The van der Waals surface area contributed by atoms with Gasteiger partial charge in [0.25, 0.3) is 0 Å². The van der Waals surface area contributed by atoms with Gasteiger partial charge >= 0.3 is 0 Å². The van der Waals surface area contributed by atoms with Crippen molar-refractivity contribution in [3.05, 3.63) is 24.3 Å². The molecule has 86 valence electrons. The molecule has 1 atom stereocenters. The third-order valence-electron chi connectivity index (χ3n) is 1.59. The molecule has 0 aliphatic heterocycles. The highest BCUT2D eigenvalue weighted by atomic mass is 80.0. The SMILES string of the molecule is O=S(OC(Br)(Br)Br)c1nc2ccccc2s1. The number of benzene rings is 1. The number of aromatic nitrogens is 1. The van der Waals surface area contributed by atoms with Crippen molar-refractivity contribution in [3.63, 3.8) is 0 Å². The van der Waals surface area contributed by atoms with Crippen LogP contribution in [0.25, 0.3) is 10.2 Å². The van der Waals surface area contributed by atoms with E-state index in [-0.39, 0.29) is 0 Å². The van der Waals surface area contributed by atoms with Gasteiger partial charge in [0.1, 0.15) is 0 Å². The second-order valence-corrected chi connectivity index (χ2v) is 11.6. The predicted octanol–water partition coefficient (Wildman–Crippen LogP) is 4.13. The smallest absolute Gasteiger partial charge is 0.244 e. The molecule has 1 heterocycles. The van der Waals surface area contributed by atoms with Crippen LogP contribution in [0, 0.1) is 0 Å². The second kappa shape index (κ2) is 5.11. The highest BCUT2D eigenvalue weighted by molar-refractivity contribution is 9.39. The molecule has 3 nitrogen and oxygen atoms in total. The molecule has 1 aromatic heterocycles. The summed E-state index contributed by atoms with van der Waals surface area (Å²) in [4.78, 5) is 4.23. The third kappa shape index (κ3) is 3.33. The Morgan fingerprint density at radius 3 is 2.62 bits per heavy atom. The van der Waals surface area contributed by atoms with E-state index in [4.69, 9.17) is 4.18 Å². The quantitative estimate of drug-likeness (QED) is 0.647. The Balaban J connectivity index is 2.30. The topological polar surface area (TPSA) is 39.2 Å². The molecular weight excluding hydrogens is 446 g/mol. The van der Waals surface area contributed by atoms with Crippen molar-refractivity contribution in [3.8, 4) is 0 Å². The van der Waals surface area contributed by atoms with Crippen LogP contribution in [-0.2, 0) is 15.3 Å². The van der Waals surface area contributed by atoms with Crippen molar-refractivity contribution < 1.29 is 8.39 Å². The fourth-order valence-corrected chi connectivity index (χ4v) is 3.88. The summed E-state index contributed by atoms with van der Waals surface area (Å²) in [5, 5.41) is 0. The van der Waals surface area contributed by atoms with Crippen molar-refractivity contribution in [2.45, 2.75) is 6.67 Å². The lowest BCUT2D eigenvalue weighted by Gasteiger charge is -2.09. The Hall–Kier alpha value is 0.660. The zero-order chi connectivity index (χ0) is 11.8. The van der Waals surface area contributed by atoms with E-state index in [9.17, 15) is 4.21 Å². The van der Waals surface area contributed by atoms with Gasteiger partial charge in [0, 0.05) is 0 Å². The van der Waals surface area contributed by atoms with Gasteiger partial charge in [-0.2, -0.15) is 0 Å². The molecule has 0 bridgehead atoms. The molecule has 0 fully saturated rings. The maximum Gasteiger partial charge on any atom is 0.248 e. The van der Waals surface area contributed by atoms with Crippen LogP contribution in [0.15, 0.2) is 28.6 Å². The monoisotopic (exact) mass is 447 g/mol. The Bertz CT molecular complexity index is 504. The van der Waals surface area contributed by atoms with Crippen molar-refractivity contribution in [2.75, 3.05) is 0 Å². The molecule has 0 saturated carbocycles. The lowest BCUT2D eigenvalue weighted by molar-refractivity contribution is 0.389. The number of hydrogen-bond acceptors (Lipinski definition) is 4. The first-order valence-corrected chi connectivity index (χ1v) is 8.26. The molecule has 8 heteroatoms. The average molecular weight is 450 g/mol. The van der Waals surface area contributed by atoms with Crippen LogP contribution in [0.2, 0.25) is 0 Å². The van der Waals surface area contributed by atoms with Crippen LogP contribution in [0.3, 0.4) is 0 Å². The molecule has 0 aliphatic rings. The number of para-hydroxylation sites is 1. The van der Waals surface area contributed by atoms with Crippen LogP contribution >= 0.6 is 59.1 Å². The van der Waals surface area contributed by atoms with E-state index in [0.717, 1.165) is 10.2 Å². The van der Waals surface area contributed by atoms with E-state index in [0.29, 0.717) is 4.34 Å². The van der Waals surface area contributed by atoms with Crippen LogP contribution in [0.4, 0.5) is 0 Å². The first kappa shape index (κ1) is 13.1. The van der Waals surface area contributed by atoms with Crippen molar-refractivity contribution >= 4 is 80.4 Å². The number of alkyl halides is 3. The molecule has 0 aliphatic carbocycles. The molecule has 0 amide bonds. The molecule has 0 spiro atoms. The van der Waals surface area contributed by atoms with Crippen LogP contribution in [0.5, 0.6) is 0 Å². The normalized spacial score (nSPS) is 14.2. The van der Waals surface area contributed by atoms with Crippen LogP contribution in [-0.4, -0.2) is 11.5 Å². The number of halogens is 3. The molecule has 2 aromatic rings. The Kier molecular flexibility index (Phi) is 4.19. The van der Waals surface area contributed by atoms with Gasteiger partial charge in [-0.15, -0.1) is 11.3 Å². The van der Waals surface area contributed by atoms with Gasteiger partial charge in [-0.3, -0.25) is 0 Å². The van der Waals surface area contributed by atoms with Gasteiger partial charge in [-0.25, -0.2) is 13.4 Å². The van der Waals surface area contributed by atoms with Crippen molar-refractivity contribution in [1.29, 1.82) is 0 Å². The van der Waals surface area contributed by atoms with E-state index in [1.54, 1.807) is 0 Å². The first-order valence-electron chi connectivity index (χ1n) is 3.99. The Labute approximate surface area is 124 Å². The molecule has 0 saturated heterocycles. The number of thiazole rings is 1. The lowest BCUT2D eigenvalue weighted by Crippen LogP contribution is -2.09. The summed E-state index contributed by atoms with van der Waals surface area (Å²) >= 11 is 9.07. The fraction of sp³-hybridized carbons (Fsp3) is 0.125. The largest absolute Gasteiger partial charge is 0.248 e. The standard InChI is InChI=1S/C8H4Br3NO2S2/c9-8(10,11)14-16(13)7-12-5-3-1-2-4-6(5)15-7/h1-4H. The van der Waals surface area contributed by atoms with Gasteiger partial charge in [0.05, 0.1) is 10.2 Å². The average Bonchev–Trinajstić information content (AvgIpc) is 2.58. The summed E-state index contributed by atoms with van der Waals surface area (Å²) in [6.45, 7) is 0. The Morgan fingerprint density at radius 1 is 1.31 bits per heavy atom. The van der Waals surface area contributed by atoms with Gasteiger partial charge in [-0.1, -0.05) is 12.1 Å². The van der Waals surface area contributed by atoms with Gasteiger partial charge in [-0.05, 0) is 59.9 Å². The maximum absolute atomic E-state index is 11.8. The van der Waals surface area contributed by atoms with E-state index < -0.39 is 13.4 Å². The minimum Gasteiger partial charge on any atom is -0.244 e. The first-order chi connectivity index (χ1) is 7.46. The van der Waals surface area contributed by atoms with Crippen LogP contribution in [0.1, 0.15) is 0 Å². The highest BCUT2D eigenvalue weighted by Gasteiger charge is 2.25. The molecule has 2 rings (SSSR count). The number of nitrogens with zero attached hydrogens (tertiary/aromatic N) is 1. The van der Waals surface area contributed by atoms with E-state index in [1.807, 2.05) is 24.3 Å². The van der Waals surface area contributed by atoms with Gasteiger partial charge < -0.3 is 0 Å². The summed E-state index contributed by atoms with van der Waals surface area (Å²) in [6.07, 6.45) is 0. The minimum atomic E-state index is -1.62. The van der Waals surface area contributed by atoms with Crippen molar-refractivity contribution in [1.82, 2.24) is 4.98 Å². The summed E-state index contributed by atoms with van der Waals surface area (Å²) in [7, 11) is 0. The fourth-order valence-electron chi connectivity index (χ4n) is 1.04. The zero-order valence-electron chi connectivity index (χ0n) is 7.52. The molecular formula is C8H4Br3NO2S2.